The van der Waals surface area contributed by atoms with Crippen molar-refractivity contribution in [3.05, 3.63) is 64.3 Å². The summed E-state index contributed by atoms with van der Waals surface area (Å²) in [6.45, 7) is 2.64. The number of amides is 1. The van der Waals surface area contributed by atoms with E-state index in [1.54, 1.807) is 37.1 Å². The zero-order valence-corrected chi connectivity index (χ0v) is 19.7. The fraction of sp³-hybridized carbons (Fsp3) is 0.280. The van der Waals surface area contributed by atoms with E-state index < -0.39 is 0 Å². The molecule has 0 spiro atoms. The third-order valence-electron chi connectivity index (χ3n) is 6.30. The quantitative estimate of drug-likeness (QED) is 0.415. The van der Waals surface area contributed by atoms with Gasteiger partial charge in [-0.1, -0.05) is 12.1 Å². The zero-order valence-electron chi connectivity index (χ0n) is 18.9. The molecule has 0 saturated heterocycles. The molecule has 0 N–H and O–H groups in total. The van der Waals surface area contributed by atoms with E-state index in [1.807, 2.05) is 37.1 Å². The largest absolute Gasteiger partial charge is 0.493 e. The lowest BCUT2D eigenvalue weighted by Gasteiger charge is -2.35. The molecule has 3 heterocycles. The Hall–Kier alpha value is -3.39. The number of aromatic nitrogens is 2. The predicted octanol–water partition coefficient (Wildman–Crippen LogP) is 5.22. The Labute approximate surface area is 195 Å². The van der Waals surface area contributed by atoms with Crippen LogP contribution in [0.15, 0.2) is 42.5 Å². The Bertz CT molecular complexity index is 1380. The lowest BCUT2D eigenvalue weighted by molar-refractivity contribution is 0.0682. The second-order valence-electron chi connectivity index (χ2n) is 8.11. The zero-order chi connectivity index (χ0) is 23.3. The standard InChI is InChI=1S/C25H24FN3O3S/c1-14-17-12-21(32-4)20(31-3)11-15(17)9-10-29(14)24(30)22-13-18-23(27-28(2)25(18)33-22)16-7-5-6-8-19(16)26/h5-8,11-14H,9-10H2,1-4H3/t14-/m1/s1. The molecule has 4 aromatic rings. The minimum absolute atomic E-state index is 0.0383. The van der Waals surface area contributed by atoms with Gasteiger partial charge in [0.25, 0.3) is 5.91 Å². The van der Waals surface area contributed by atoms with Gasteiger partial charge in [0, 0.05) is 24.5 Å². The number of halogens is 1. The Morgan fingerprint density at radius 1 is 1.15 bits per heavy atom. The lowest BCUT2D eigenvalue weighted by atomic mass is 9.92. The average molecular weight is 466 g/mol. The van der Waals surface area contributed by atoms with Gasteiger partial charge in [-0.25, -0.2) is 4.39 Å². The van der Waals surface area contributed by atoms with Crippen LogP contribution < -0.4 is 9.47 Å². The van der Waals surface area contributed by atoms with Gasteiger partial charge in [0.15, 0.2) is 11.5 Å². The number of hydrogen-bond donors (Lipinski definition) is 0. The number of methoxy groups -OCH3 is 2. The summed E-state index contributed by atoms with van der Waals surface area (Å²) in [4.78, 5) is 16.9. The van der Waals surface area contributed by atoms with Gasteiger partial charge in [-0.05, 0) is 54.8 Å². The second kappa shape index (κ2) is 8.19. The van der Waals surface area contributed by atoms with Crippen LogP contribution in [0.4, 0.5) is 4.39 Å². The highest BCUT2D eigenvalue weighted by Gasteiger charge is 2.31. The van der Waals surface area contributed by atoms with E-state index in [2.05, 4.69) is 5.10 Å². The number of benzene rings is 2. The summed E-state index contributed by atoms with van der Waals surface area (Å²) < 4.78 is 27.1. The summed E-state index contributed by atoms with van der Waals surface area (Å²) >= 11 is 1.39. The first-order chi connectivity index (χ1) is 15.9. The molecule has 6 nitrogen and oxygen atoms in total. The maximum Gasteiger partial charge on any atom is 0.264 e. The number of hydrogen-bond acceptors (Lipinski definition) is 5. The minimum Gasteiger partial charge on any atom is -0.493 e. The molecule has 0 saturated carbocycles. The molecule has 0 aliphatic carbocycles. The highest BCUT2D eigenvalue weighted by atomic mass is 32.1. The summed E-state index contributed by atoms with van der Waals surface area (Å²) in [7, 11) is 5.05. The van der Waals surface area contributed by atoms with Crippen LogP contribution in [0.5, 0.6) is 11.5 Å². The van der Waals surface area contributed by atoms with E-state index in [4.69, 9.17) is 9.47 Å². The van der Waals surface area contributed by atoms with E-state index in [0.717, 1.165) is 27.8 Å². The van der Waals surface area contributed by atoms with E-state index in [1.165, 1.54) is 17.4 Å². The molecule has 8 heteroatoms. The van der Waals surface area contributed by atoms with Crippen molar-refractivity contribution in [2.75, 3.05) is 20.8 Å². The first-order valence-electron chi connectivity index (χ1n) is 10.7. The van der Waals surface area contributed by atoms with Crippen molar-refractivity contribution in [1.29, 1.82) is 0 Å². The van der Waals surface area contributed by atoms with Crippen LogP contribution >= 0.6 is 11.3 Å². The molecule has 33 heavy (non-hydrogen) atoms. The van der Waals surface area contributed by atoms with Gasteiger partial charge in [0.2, 0.25) is 0 Å². The maximum atomic E-state index is 14.4. The average Bonchev–Trinajstić information content (AvgIpc) is 3.39. The van der Waals surface area contributed by atoms with Gasteiger partial charge in [-0.3, -0.25) is 9.48 Å². The van der Waals surface area contributed by atoms with E-state index in [0.29, 0.717) is 34.2 Å². The van der Waals surface area contributed by atoms with E-state index in [9.17, 15) is 9.18 Å². The topological polar surface area (TPSA) is 56.6 Å². The molecule has 1 aliphatic heterocycles. The van der Waals surface area contributed by atoms with Crippen LogP contribution in [-0.2, 0) is 13.5 Å². The van der Waals surface area contributed by atoms with Crippen molar-refractivity contribution in [3.63, 3.8) is 0 Å². The summed E-state index contributed by atoms with van der Waals surface area (Å²) in [5, 5.41) is 5.29. The van der Waals surface area contributed by atoms with Crippen molar-refractivity contribution >= 4 is 27.5 Å². The lowest BCUT2D eigenvalue weighted by Crippen LogP contribution is -2.38. The highest BCUT2D eigenvalue weighted by Crippen LogP contribution is 2.40. The number of nitrogens with zero attached hydrogens (tertiary/aromatic N) is 3. The van der Waals surface area contributed by atoms with Gasteiger partial charge in [-0.2, -0.15) is 5.10 Å². The van der Waals surface area contributed by atoms with Gasteiger partial charge >= 0.3 is 0 Å². The van der Waals surface area contributed by atoms with Gasteiger partial charge < -0.3 is 14.4 Å². The maximum absolute atomic E-state index is 14.4. The number of ether oxygens (including phenoxy) is 2. The predicted molar refractivity (Wildman–Crippen MR) is 127 cm³/mol. The first-order valence-corrected chi connectivity index (χ1v) is 11.5. The van der Waals surface area contributed by atoms with Crippen LogP contribution in [0.25, 0.3) is 21.5 Å². The number of carbonyl (C=O) groups is 1. The number of aryl methyl sites for hydroxylation is 1. The van der Waals surface area contributed by atoms with E-state index >= 15 is 0 Å². The van der Waals surface area contributed by atoms with Gasteiger partial charge in [0.05, 0.1) is 25.1 Å². The first kappa shape index (κ1) is 21.5. The van der Waals surface area contributed by atoms with Crippen molar-refractivity contribution in [1.82, 2.24) is 14.7 Å². The number of carbonyl (C=O) groups excluding carboxylic acids is 1. The van der Waals surface area contributed by atoms with E-state index in [-0.39, 0.29) is 17.8 Å². The molecule has 0 unspecified atom stereocenters. The summed E-state index contributed by atoms with van der Waals surface area (Å²) in [5.41, 5.74) is 3.20. The molecule has 5 rings (SSSR count). The van der Waals surface area contributed by atoms with Gasteiger partial charge in [0.1, 0.15) is 16.3 Å². The molecule has 1 amide bonds. The molecule has 170 valence electrons. The summed E-state index contributed by atoms with van der Waals surface area (Å²) in [5.74, 6) is 0.978. The fourth-order valence-electron chi connectivity index (χ4n) is 4.56. The highest BCUT2D eigenvalue weighted by molar-refractivity contribution is 7.20. The Morgan fingerprint density at radius 2 is 1.88 bits per heavy atom. The third-order valence-corrected chi connectivity index (χ3v) is 7.49. The van der Waals surface area contributed by atoms with Crippen molar-refractivity contribution in [2.24, 2.45) is 7.05 Å². The van der Waals surface area contributed by atoms with Crippen LogP contribution in [0.3, 0.4) is 0 Å². The third kappa shape index (κ3) is 3.45. The smallest absolute Gasteiger partial charge is 0.264 e. The Balaban J connectivity index is 1.51. The Kier molecular flexibility index (Phi) is 5.32. The molecule has 1 atom stereocenters. The van der Waals surface area contributed by atoms with Crippen molar-refractivity contribution in [2.45, 2.75) is 19.4 Å². The monoisotopic (exact) mass is 465 g/mol. The van der Waals surface area contributed by atoms with Gasteiger partial charge in [-0.15, -0.1) is 11.3 Å². The molecule has 0 radical (unpaired) electrons. The fourth-order valence-corrected chi connectivity index (χ4v) is 5.59. The molecular weight excluding hydrogens is 441 g/mol. The minimum atomic E-state index is -0.331. The van der Waals surface area contributed by atoms with Crippen LogP contribution in [-0.4, -0.2) is 41.4 Å². The molecule has 0 fully saturated rings. The number of fused-ring (bicyclic) bond motifs is 2. The molecule has 0 bridgehead atoms. The molecule has 1 aliphatic rings. The SMILES string of the molecule is COc1cc2c(cc1OC)[C@@H](C)N(C(=O)c1cc3c(-c4ccccc4F)nn(C)c3s1)CC2. The summed E-state index contributed by atoms with van der Waals surface area (Å²) in [6, 6.07) is 12.3. The molecule has 2 aromatic heterocycles. The second-order valence-corrected chi connectivity index (χ2v) is 9.14. The van der Waals surface area contributed by atoms with Crippen molar-refractivity contribution in [3.8, 4) is 22.8 Å². The molecular formula is C25H24FN3O3S. The number of thiophene rings is 1. The van der Waals surface area contributed by atoms with Crippen LogP contribution in [0.2, 0.25) is 0 Å². The summed E-state index contributed by atoms with van der Waals surface area (Å²) in [6.07, 6.45) is 0.735. The van der Waals surface area contributed by atoms with Crippen LogP contribution in [0.1, 0.15) is 33.8 Å². The number of rotatable bonds is 4. The van der Waals surface area contributed by atoms with Crippen molar-refractivity contribution < 1.29 is 18.7 Å². The Morgan fingerprint density at radius 3 is 2.61 bits per heavy atom. The normalized spacial score (nSPS) is 15.5. The van der Waals surface area contributed by atoms with Crippen LogP contribution in [0, 0.1) is 5.82 Å². The molecule has 2 aromatic carbocycles.